The third-order valence-corrected chi connectivity index (χ3v) is 4.72. The van der Waals surface area contributed by atoms with E-state index in [4.69, 9.17) is 20.1 Å². The maximum absolute atomic E-state index is 12.0. The van der Waals surface area contributed by atoms with Gasteiger partial charge in [-0.1, -0.05) is 0 Å². The number of aliphatic hydroxyl groups excluding tert-OH is 3. The molecule has 120 valence electrons. The standard InChI is InChI=1S/C11H23O8P/c12-6-1-4-11(5-2-7-13,20(16,17)18)10(15)19-9-3-8-14/h12-14H,1-9H2,(H2,16,17,18). The predicted molar refractivity (Wildman–Crippen MR) is 70.1 cm³/mol. The van der Waals surface area contributed by atoms with Crippen LogP contribution in [-0.4, -0.2) is 62.7 Å². The van der Waals surface area contributed by atoms with Gasteiger partial charge in [-0.15, -0.1) is 0 Å². The van der Waals surface area contributed by atoms with Crippen LogP contribution < -0.4 is 0 Å². The van der Waals surface area contributed by atoms with Crippen LogP contribution in [0.15, 0.2) is 0 Å². The molecular weight excluding hydrogens is 291 g/mol. The van der Waals surface area contributed by atoms with E-state index in [0.29, 0.717) is 0 Å². The summed E-state index contributed by atoms with van der Waals surface area (Å²) in [6, 6.07) is 0. The van der Waals surface area contributed by atoms with E-state index in [2.05, 4.69) is 0 Å². The van der Waals surface area contributed by atoms with Gasteiger partial charge in [-0.05, 0) is 25.7 Å². The minimum absolute atomic E-state index is 0.0334. The van der Waals surface area contributed by atoms with E-state index in [9.17, 15) is 19.1 Å². The number of aliphatic hydroxyl groups is 3. The number of carbonyl (C=O) groups is 1. The number of hydrogen-bond acceptors (Lipinski definition) is 6. The molecule has 0 fully saturated rings. The fourth-order valence-corrected chi connectivity index (χ4v) is 3.05. The van der Waals surface area contributed by atoms with Crippen LogP contribution in [0, 0.1) is 0 Å². The first kappa shape index (κ1) is 19.5. The Labute approximate surface area is 117 Å². The highest BCUT2D eigenvalue weighted by atomic mass is 31.2. The van der Waals surface area contributed by atoms with Crippen molar-refractivity contribution >= 4 is 13.6 Å². The van der Waals surface area contributed by atoms with Crippen LogP contribution in [0.4, 0.5) is 0 Å². The molecule has 0 saturated carbocycles. The molecule has 0 aromatic carbocycles. The lowest BCUT2D eigenvalue weighted by Crippen LogP contribution is -2.41. The van der Waals surface area contributed by atoms with Crippen LogP contribution in [0.25, 0.3) is 0 Å². The number of esters is 1. The van der Waals surface area contributed by atoms with Crippen molar-refractivity contribution in [1.82, 2.24) is 0 Å². The zero-order chi connectivity index (χ0) is 15.6. The van der Waals surface area contributed by atoms with Gasteiger partial charge in [0.2, 0.25) is 0 Å². The summed E-state index contributed by atoms with van der Waals surface area (Å²) in [6.45, 7) is -0.978. The minimum atomic E-state index is -4.83. The van der Waals surface area contributed by atoms with Crippen LogP contribution in [0.1, 0.15) is 32.1 Å². The molecule has 0 bridgehead atoms. The van der Waals surface area contributed by atoms with Crippen LogP contribution >= 0.6 is 7.60 Å². The number of hydrogen-bond donors (Lipinski definition) is 5. The average molecular weight is 314 g/mol. The summed E-state index contributed by atoms with van der Waals surface area (Å²) in [5, 5.41) is 24.2. The summed E-state index contributed by atoms with van der Waals surface area (Å²) in [7, 11) is -4.83. The Morgan fingerprint density at radius 2 is 1.40 bits per heavy atom. The molecule has 0 unspecified atom stereocenters. The molecule has 0 rings (SSSR count). The smallest absolute Gasteiger partial charge is 0.342 e. The third kappa shape index (κ3) is 5.47. The van der Waals surface area contributed by atoms with E-state index >= 15 is 0 Å². The molecule has 0 amide bonds. The second-order valence-corrected chi connectivity index (χ2v) is 6.39. The summed E-state index contributed by atoms with van der Waals surface area (Å²) in [5.74, 6) is -1.05. The van der Waals surface area contributed by atoms with Gasteiger partial charge in [0, 0.05) is 26.2 Å². The lowest BCUT2D eigenvalue weighted by atomic mass is 9.96. The van der Waals surface area contributed by atoms with Gasteiger partial charge >= 0.3 is 13.6 Å². The molecule has 0 aliphatic carbocycles. The highest BCUT2D eigenvalue weighted by molar-refractivity contribution is 7.54. The first-order valence-corrected chi connectivity index (χ1v) is 8.02. The number of carbonyl (C=O) groups excluding carboxylic acids is 1. The molecule has 0 aromatic rings. The molecule has 0 aliphatic rings. The van der Waals surface area contributed by atoms with Gasteiger partial charge in [-0.3, -0.25) is 9.36 Å². The fourth-order valence-electron chi connectivity index (χ4n) is 1.85. The second-order valence-electron chi connectivity index (χ2n) is 4.44. The van der Waals surface area contributed by atoms with E-state index in [1.807, 2.05) is 0 Å². The fraction of sp³-hybridized carbons (Fsp3) is 0.909. The Bertz CT molecular complexity index is 318. The molecule has 9 heteroatoms. The largest absolute Gasteiger partial charge is 0.465 e. The topological polar surface area (TPSA) is 145 Å². The number of rotatable bonds is 11. The first-order valence-electron chi connectivity index (χ1n) is 6.41. The number of ether oxygens (including phenoxy) is 1. The molecule has 0 spiro atoms. The van der Waals surface area contributed by atoms with E-state index in [-0.39, 0.29) is 58.5 Å². The Morgan fingerprint density at radius 3 is 1.75 bits per heavy atom. The Kier molecular flexibility index (Phi) is 9.20. The van der Waals surface area contributed by atoms with Gasteiger partial charge in [-0.25, -0.2) is 0 Å². The van der Waals surface area contributed by atoms with Crippen molar-refractivity contribution in [2.75, 3.05) is 26.4 Å². The van der Waals surface area contributed by atoms with E-state index in [1.165, 1.54) is 0 Å². The monoisotopic (exact) mass is 314 g/mol. The molecule has 0 radical (unpaired) electrons. The Hall–Kier alpha value is -0.500. The molecular formula is C11H23O8P. The van der Waals surface area contributed by atoms with Gasteiger partial charge in [-0.2, -0.15) is 0 Å². The maximum Gasteiger partial charge on any atom is 0.342 e. The highest BCUT2D eigenvalue weighted by Gasteiger charge is 2.53. The lowest BCUT2D eigenvalue weighted by Gasteiger charge is -2.31. The molecule has 0 atom stereocenters. The van der Waals surface area contributed by atoms with Crippen molar-refractivity contribution in [1.29, 1.82) is 0 Å². The van der Waals surface area contributed by atoms with Gasteiger partial charge in [0.05, 0.1) is 6.61 Å². The minimum Gasteiger partial charge on any atom is -0.465 e. The van der Waals surface area contributed by atoms with Crippen LogP contribution in [0.5, 0.6) is 0 Å². The zero-order valence-corrected chi connectivity index (χ0v) is 12.2. The van der Waals surface area contributed by atoms with Crippen molar-refractivity contribution in [2.24, 2.45) is 0 Å². The zero-order valence-electron chi connectivity index (χ0n) is 11.3. The van der Waals surface area contributed by atoms with Crippen molar-refractivity contribution in [3.05, 3.63) is 0 Å². The molecule has 20 heavy (non-hydrogen) atoms. The molecule has 0 saturated heterocycles. The van der Waals surface area contributed by atoms with Crippen LogP contribution in [0.3, 0.4) is 0 Å². The van der Waals surface area contributed by atoms with Crippen molar-refractivity contribution in [3.8, 4) is 0 Å². The molecule has 0 aliphatic heterocycles. The van der Waals surface area contributed by atoms with E-state index < -0.39 is 18.7 Å². The van der Waals surface area contributed by atoms with Crippen LogP contribution in [0.2, 0.25) is 0 Å². The SMILES string of the molecule is O=C(OCCCO)C(CCCO)(CCCO)P(=O)(O)O. The predicted octanol–water partition coefficient (Wildman–Crippen LogP) is -0.626. The summed E-state index contributed by atoms with van der Waals surface area (Å²) < 4.78 is 16.5. The third-order valence-electron chi connectivity index (χ3n) is 2.97. The van der Waals surface area contributed by atoms with Crippen molar-refractivity contribution in [3.63, 3.8) is 0 Å². The van der Waals surface area contributed by atoms with Gasteiger partial charge in [0.25, 0.3) is 0 Å². The highest BCUT2D eigenvalue weighted by Crippen LogP contribution is 2.56. The van der Waals surface area contributed by atoms with Gasteiger partial charge in [0.1, 0.15) is 0 Å². The Morgan fingerprint density at radius 1 is 0.950 bits per heavy atom. The molecule has 5 N–H and O–H groups in total. The molecule has 8 nitrogen and oxygen atoms in total. The summed E-state index contributed by atoms with van der Waals surface area (Å²) in [6.07, 6.45) is -0.224. The van der Waals surface area contributed by atoms with Gasteiger partial charge in [0.15, 0.2) is 5.16 Å². The first-order chi connectivity index (χ1) is 9.35. The lowest BCUT2D eigenvalue weighted by molar-refractivity contribution is -0.148. The van der Waals surface area contributed by atoms with Crippen LogP contribution in [-0.2, 0) is 14.1 Å². The van der Waals surface area contributed by atoms with Gasteiger partial charge < -0.3 is 29.8 Å². The Balaban J connectivity index is 5.14. The quantitative estimate of drug-likeness (QED) is 0.193. The summed E-state index contributed by atoms with van der Waals surface area (Å²) in [5.41, 5.74) is 0. The van der Waals surface area contributed by atoms with Crippen molar-refractivity contribution in [2.45, 2.75) is 37.3 Å². The van der Waals surface area contributed by atoms with E-state index in [1.54, 1.807) is 0 Å². The summed E-state index contributed by atoms with van der Waals surface area (Å²) in [4.78, 5) is 31.1. The summed E-state index contributed by atoms with van der Waals surface area (Å²) >= 11 is 0. The molecule has 0 aromatic heterocycles. The normalized spacial score (nSPS) is 12.4. The van der Waals surface area contributed by atoms with Crippen molar-refractivity contribution < 1.29 is 39.2 Å². The molecule has 0 heterocycles. The average Bonchev–Trinajstić information content (AvgIpc) is 2.38. The second kappa shape index (κ2) is 9.44. The van der Waals surface area contributed by atoms with E-state index in [0.717, 1.165) is 0 Å². The maximum atomic E-state index is 12.0.